The van der Waals surface area contributed by atoms with E-state index in [1.807, 2.05) is 0 Å². The lowest BCUT2D eigenvalue weighted by Crippen LogP contribution is -2.73. The number of nitrogens with two attached hydrogens (primary N) is 1. The lowest BCUT2D eigenvalue weighted by molar-refractivity contribution is -0.146. The molecule has 4 heteroatoms. The molecule has 3 unspecified atom stereocenters. The molecule has 2 N–H and O–H groups in total. The van der Waals surface area contributed by atoms with Gasteiger partial charge in [-0.1, -0.05) is 0 Å². The second-order valence-corrected chi connectivity index (χ2v) is 6.96. The molecule has 108 valence electrons. The maximum Gasteiger partial charge on any atom is 0.0731 e. The predicted molar refractivity (Wildman–Crippen MR) is 75.0 cm³/mol. The molecule has 0 aromatic carbocycles. The summed E-state index contributed by atoms with van der Waals surface area (Å²) in [4.78, 5) is 5.44. The molecular weight excluding hydrogens is 238 g/mol. The fourth-order valence-electron chi connectivity index (χ4n) is 5.30. The van der Waals surface area contributed by atoms with E-state index < -0.39 is 0 Å². The topological polar surface area (TPSA) is 41.7 Å². The van der Waals surface area contributed by atoms with Crippen molar-refractivity contribution in [3.8, 4) is 0 Å². The molecule has 0 aromatic rings. The van der Waals surface area contributed by atoms with Gasteiger partial charge < -0.3 is 15.4 Å². The van der Waals surface area contributed by atoms with Crippen molar-refractivity contribution in [1.29, 1.82) is 0 Å². The molecular formula is C15H27N3O. The van der Waals surface area contributed by atoms with Gasteiger partial charge in [0, 0.05) is 31.2 Å². The Morgan fingerprint density at radius 3 is 2.63 bits per heavy atom. The van der Waals surface area contributed by atoms with Gasteiger partial charge >= 0.3 is 0 Å². The monoisotopic (exact) mass is 265 g/mol. The molecule has 5 rings (SSSR count). The maximum atomic E-state index is 6.33. The Bertz CT molecular complexity index is 342. The number of fused-ring (bicyclic) bond motifs is 4. The number of morpholine rings is 1. The van der Waals surface area contributed by atoms with E-state index in [4.69, 9.17) is 10.5 Å². The Morgan fingerprint density at radius 2 is 1.95 bits per heavy atom. The van der Waals surface area contributed by atoms with Crippen molar-refractivity contribution in [1.82, 2.24) is 9.80 Å². The molecule has 4 heterocycles. The molecule has 2 bridgehead atoms. The van der Waals surface area contributed by atoms with Crippen LogP contribution in [0.1, 0.15) is 32.1 Å². The highest BCUT2D eigenvalue weighted by atomic mass is 16.5. The van der Waals surface area contributed by atoms with Crippen LogP contribution >= 0.6 is 0 Å². The van der Waals surface area contributed by atoms with E-state index in [2.05, 4.69) is 9.80 Å². The Hall–Kier alpha value is -0.160. The van der Waals surface area contributed by atoms with Crippen LogP contribution < -0.4 is 5.73 Å². The summed E-state index contributed by atoms with van der Waals surface area (Å²) in [7, 11) is 0. The van der Waals surface area contributed by atoms with Crippen LogP contribution in [0.2, 0.25) is 0 Å². The Labute approximate surface area is 116 Å². The van der Waals surface area contributed by atoms with Gasteiger partial charge in [0.25, 0.3) is 0 Å². The minimum Gasteiger partial charge on any atom is -0.375 e. The maximum absolute atomic E-state index is 6.33. The van der Waals surface area contributed by atoms with E-state index in [0.29, 0.717) is 12.1 Å². The largest absolute Gasteiger partial charge is 0.375 e. The highest BCUT2D eigenvalue weighted by Crippen LogP contribution is 2.43. The summed E-state index contributed by atoms with van der Waals surface area (Å²) >= 11 is 0. The second kappa shape index (κ2) is 4.69. The summed E-state index contributed by atoms with van der Waals surface area (Å²) < 4.78 is 6.00. The van der Waals surface area contributed by atoms with Gasteiger partial charge in [0.05, 0.1) is 12.7 Å². The van der Waals surface area contributed by atoms with E-state index in [1.165, 1.54) is 51.7 Å². The zero-order valence-electron chi connectivity index (χ0n) is 11.9. The standard InChI is InChI=1S/C15H27N3O/c16-10-15(11-17-6-4-12(15)5-7-17)18-8-9-19-14-3-1-2-13(14)18/h12-14H,1-11,16H2. The van der Waals surface area contributed by atoms with E-state index in [9.17, 15) is 0 Å². The highest BCUT2D eigenvalue weighted by molar-refractivity contribution is 5.09. The molecule has 0 spiro atoms. The van der Waals surface area contributed by atoms with Gasteiger partial charge in [0.1, 0.15) is 0 Å². The first-order valence-electron chi connectivity index (χ1n) is 8.14. The normalized spacial score (nSPS) is 50.4. The van der Waals surface area contributed by atoms with Crippen molar-refractivity contribution in [2.75, 3.05) is 39.3 Å². The van der Waals surface area contributed by atoms with Gasteiger partial charge in [0.2, 0.25) is 0 Å². The third kappa shape index (κ3) is 1.80. The number of hydrogen-bond acceptors (Lipinski definition) is 4. The first-order chi connectivity index (χ1) is 9.33. The molecule has 3 atom stereocenters. The molecule has 0 amide bonds. The van der Waals surface area contributed by atoms with E-state index >= 15 is 0 Å². The number of ether oxygens (including phenoxy) is 1. The van der Waals surface area contributed by atoms with Crippen LogP contribution in [0.5, 0.6) is 0 Å². The van der Waals surface area contributed by atoms with Crippen LogP contribution in [0, 0.1) is 5.92 Å². The molecule has 4 aliphatic heterocycles. The number of nitrogens with zero attached hydrogens (tertiary/aromatic N) is 2. The van der Waals surface area contributed by atoms with Crippen molar-refractivity contribution >= 4 is 0 Å². The van der Waals surface area contributed by atoms with Crippen molar-refractivity contribution in [2.24, 2.45) is 11.7 Å². The lowest BCUT2D eigenvalue weighted by atomic mass is 9.70. The zero-order valence-corrected chi connectivity index (χ0v) is 11.9. The van der Waals surface area contributed by atoms with Crippen LogP contribution in [0.25, 0.3) is 0 Å². The van der Waals surface area contributed by atoms with Crippen LogP contribution in [0.4, 0.5) is 0 Å². The third-order valence-electron chi connectivity index (χ3n) is 6.25. The molecule has 5 fully saturated rings. The number of piperidine rings is 3. The average Bonchev–Trinajstić information content (AvgIpc) is 2.96. The lowest BCUT2D eigenvalue weighted by Gasteiger charge is -2.60. The molecule has 19 heavy (non-hydrogen) atoms. The van der Waals surface area contributed by atoms with E-state index in [-0.39, 0.29) is 5.54 Å². The quantitative estimate of drug-likeness (QED) is 0.796. The van der Waals surface area contributed by atoms with Crippen LogP contribution in [0.15, 0.2) is 0 Å². The Kier molecular flexibility index (Phi) is 3.10. The van der Waals surface area contributed by atoms with E-state index in [1.54, 1.807) is 0 Å². The third-order valence-corrected chi connectivity index (χ3v) is 6.25. The summed E-state index contributed by atoms with van der Waals surface area (Å²) in [6.45, 7) is 6.64. The predicted octanol–water partition coefficient (Wildman–Crippen LogP) is 0.663. The second-order valence-electron chi connectivity index (χ2n) is 6.96. The van der Waals surface area contributed by atoms with E-state index in [0.717, 1.165) is 25.6 Å². The minimum atomic E-state index is 0.257. The highest BCUT2D eigenvalue weighted by Gasteiger charge is 2.53. The van der Waals surface area contributed by atoms with Crippen molar-refractivity contribution in [2.45, 2.75) is 49.8 Å². The molecule has 0 aromatic heterocycles. The van der Waals surface area contributed by atoms with Crippen LogP contribution in [-0.2, 0) is 4.74 Å². The number of hydrogen-bond donors (Lipinski definition) is 1. The van der Waals surface area contributed by atoms with Gasteiger partial charge in [-0.25, -0.2) is 0 Å². The van der Waals surface area contributed by atoms with Gasteiger partial charge in [-0.3, -0.25) is 4.90 Å². The van der Waals surface area contributed by atoms with Crippen molar-refractivity contribution in [3.05, 3.63) is 0 Å². The first kappa shape index (κ1) is 12.6. The summed E-state index contributed by atoms with van der Waals surface area (Å²) in [5, 5.41) is 0. The minimum absolute atomic E-state index is 0.257. The Balaban J connectivity index is 1.64. The molecule has 1 saturated carbocycles. The summed E-state index contributed by atoms with van der Waals surface area (Å²) in [6, 6.07) is 0.651. The average molecular weight is 265 g/mol. The first-order valence-corrected chi connectivity index (χ1v) is 8.14. The van der Waals surface area contributed by atoms with Gasteiger partial charge in [-0.15, -0.1) is 0 Å². The summed E-state index contributed by atoms with van der Waals surface area (Å²) in [6.07, 6.45) is 7.11. The summed E-state index contributed by atoms with van der Waals surface area (Å²) in [5.74, 6) is 0.821. The van der Waals surface area contributed by atoms with Gasteiger partial charge in [-0.2, -0.15) is 0 Å². The fraction of sp³-hybridized carbons (Fsp3) is 1.00. The van der Waals surface area contributed by atoms with Crippen molar-refractivity contribution in [3.63, 3.8) is 0 Å². The fourth-order valence-corrected chi connectivity index (χ4v) is 5.30. The van der Waals surface area contributed by atoms with Crippen molar-refractivity contribution < 1.29 is 4.74 Å². The van der Waals surface area contributed by atoms with Crippen LogP contribution in [0.3, 0.4) is 0 Å². The SMILES string of the molecule is NCC1(N2CCOC3CCCC32)CN2CCC1CC2. The van der Waals surface area contributed by atoms with Gasteiger partial charge in [0.15, 0.2) is 0 Å². The molecule has 4 saturated heterocycles. The summed E-state index contributed by atoms with van der Waals surface area (Å²) in [5.41, 5.74) is 6.59. The molecule has 0 radical (unpaired) electrons. The molecule has 1 aliphatic carbocycles. The van der Waals surface area contributed by atoms with Crippen LogP contribution in [-0.4, -0.2) is 66.8 Å². The molecule has 5 aliphatic rings. The Morgan fingerprint density at radius 1 is 1.11 bits per heavy atom. The zero-order chi connectivity index (χ0) is 12.9. The smallest absolute Gasteiger partial charge is 0.0731 e. The number of rotatable bonds is 2. The van der Waals surface area contributed by atoms with Gasteiger partial charge in [-0.05, 0) is 51.1 Å². The molecule has 4 nitrogen and oxygen atoms in total.